The third-order valence-corrected chi connectivity index (χ3v) is 5.40. The third kappa shape index (κ3) is 7.19. The molecule has 0 fully saturated rings. The quantitative estimate of drug-likeness (QED) is 0.222. The summed E-state index contributed by atoms with van der Waals surface area (Å²) in [6.07, 6.45) is -0.753. The Hall–Kier alpha value is -2.02. The standard InChI is InChI=1S/C16H28N4O7S/c1-8(18-2)15(24)20-11-6-9(7-12(21)13(11)22)16(25)19-10(14(17)23)4-5-28(3,26)27/h6,8,10-13,18,21-22H,4-5,7H2,1-3H3,(H2,17,23)(H,19,25)(H,20,24)/t8-,10-,11+,12+,13+/m0/s1. The number of nitrogens with one attached hydrogen (secondary N) is 3. The molecular formula is C16H28N4O7S. The van der Waals surface area contributed by atoms with E-state index in [1.807, 2.05) is 0 Å². The summed E-state index contributed by atoms with van der Waals surface area (Å²) < 4.78 is 22.5. The first kappa shape index (κ1) is 24.0. The number of likely N-dealkylation sites (N-methyl/N-ethyl adjacent to an activating group) is 1. The summed E-state index contributed by atoms with van der Waals surface area (Å²) in [6.45, 7) is 1.59. The number of aliphatic hydroxyl groups is 2. The summed E-state index contributed by atoms with van der Waals surface area (Å²) in [5.74, 6) is -2.44. The Labute approximate surface area is 163 Å². The van der Waals surface area contributed by atoms with Gasteiger partial charge in [0.1, 0.15) is 22.0 Å². The molecule has 0 saturated heterocycles. The van der Waals surface area contributed by atoms with Crippen molar-refractivity contribution in [3.8, 4) is 0 Å². The van der Waals surface area contributed by atoms with Crippen LogP contribution in [0.25, 0.3) is 0 Å². The minimum absolute atomic E-state index is 0.0332. The van der Waals surface area contributed by atoms with Crippen molar-refractivity contribution in [2.75, 3.05) is 19.1 Å². The predicted octanol–water partition coefficient (Wildman–Crippen LogP) is -3.46. The average Bonchev–Trinajstić information content (AvgIpc) is 2.59. The van der Waals surface area contributed by atoms with Crippen LogP contribution in [0, 0.1) is 0 Å². The van der Waals surface area contributed by atoms with Crippen LogP contribution >= 0.6 is 0 Å². The molecule has 11 nitrogen and oxygen atoms in total. The molecule has 160 valence electrons. The van der Waals surface area contributed by atoms with Crippen LogP contribution in [0.1, 0.15) is 19.8 Å². The fourth-order valence-corrected chi connectivity index (χ4v) is 3.22. The molecule has 0 aromatic heterocycles. The summed E-state index contributed by atoms with van der Waals surface area (Å²) in [7, 11) is -1.79. The van der Waals surface area contributed by atoms with E-state index in [0.29, 0.717) is 0 Å². The average molecular weight is 420 g/mol. The molecule has 3 amide bonds. The summed E-state index contributed by atoms with van der Waals surface area (Å²) in [5.41, 5.74) is 5.25. The molecule has 1 aliphatic rings. The Morgan fingerprint density at radius 3 is 2.43 bits per heavy atom. The van der Waals surface area contributed by atoms with Gasteiger partial charge in [-0.3, -0.25) is 14.4 Å². The molecule has 1 aliphatic carbocycles. The molecular weight excluding hydrogens is 392 g/mol. The zero-order chi connectivity index (χ0) is 21.6. The molecule has 0 spiro atoms. The van der Waals surface area contributed by atoms with Gasteiger partial charge in [0.15, 0.2) is 0 Å². The molecule has 5 atom stereocenters. The van der Waals surface area contributed by atoms with Crippen molar-refractivity contribution >= 4 is 27.6 Å². The number of sulfone groups is 1. The molecule has 12 heteroatoms. The topological polar surface area (TPSA) is 188 Å². The van der Waals surface area contributed by atoms with Gasteiger partial charge in [0.2, 0.25) is 17.7 Å². The monoisotopic (exact) mass is 420 g/mol. The number of hydrogen-bond acceptors (Lipinski definition) is 8. The van der Waals surface area contributed by atoms with E-state index in [4.69, 9.17) is 5.73 Å². The minimum atomic E-state index is -3.36. The largest absolute Gasteiger partial charge is 0.390 e. The zero-order valence-corrected chi connectivity index (χ0v) is 16.8. The van der Waals surface area contributed by atoms with Gasteiger partial charge < -0.3 is 31.9 Å². The van der Waals surface area contributed by atoms with Crippen molar-refractivity contribution in [2.24, 2.45) is 5.73 Å². The molecule has 0 unspecified atom stereocenters. The fourth-order valence-electron chi connectivity index (χ4n) is 2.55. The highest BCUT2D eigenvalue weighted by molar-refractivity contribution is 7.90. The molecule has 0 radical (unpaired) electrons. The van der Waals surface area contributed by atoms with Crippen LogP contribution in [0.2, 0.25) is 0 Å². The summed E-state index contributed by atoms with van der Waals surface area (Å²) >= 11 is 0. The van der Waals surface area contributed by atoms with E-state index in [1.54, 1.807) is 14.0 Å². The number of nitrogens with two attached hydrogens (primary N) is 1. The highest BCUT2D eigenvalue weighted by atomic mass is 32.2. The molecule has 0 aromatic rings. The Morgan fingerprint density at radius 2 is 1.93 bits per heavy atom. The van der Waals surface area contributed by atoms with Gasteiger partial charge in [-0.15, -0.1) is 0 Å². The van der Waals surface area contributed by atoms with Crippen molar-refractivity contribution in [3.05, 3.63) is 11.6 Å². The maximum absolute atomic E-state index is 12.5. The lowest BCUT2D eigenvalue weighted by atomic mass is 9.89. The highest BCUT2D eigenvalue weighted by Gasteiger charge is 2.35. The van der Waals surface area contributed by atoms with Crippen LogP contribution in [0.4, 0.5) is 0 Å². The molecule has 0 bridgehead atoms. The summed E-state index contributed by atoms with van der Waals surface area (Å²) in [4.78, 5) is 36.0. The Balaban J connectivity index is 2.92. The van der Waals surface area contributed by atoms with E-state index in [-0.39, 0.29) is 24.2 Å². The summed E-state index contributed by atoms with van der Waals surface area (Å²) in [5, 5.41) is 27.7. The minimum Gasteiger partial charge on any atom is -0.390 e. The van der Waals surface area contributed by atoms with Crippen LogP contribution in [-0.4, -0.2) is 85.7 Å². The maximum atomic E-state index is 12.5. The van der Waals surface area contributed by atoms with Crippen molar-refractivity contribution < 1.29 is 33.0 Å². The highest BCUT2D eigenvalue weighted by Crippen LogP contribution is 2.20. The number of carbonyl (C=O) groups is 3. The lowest BCUT2D eigenvalue weighted by Gasteiger charge is -2.32. The second-order valence-electron chi connectivity index (χ2n) is 6.85. The van der Waals surface area contributed by atoms with Crippen molar-refractivity contribution in [2.45, 2.75) is 50.1 Å². The van der Waals surface area contributed by atoms with Gasteiger partial charge in [0.05, 0.1) is 23.9 Å². The molecule has 0 aromatic carbocycles. The molecule has 0 aliphatic heterocycles. The number of aliphatic hydroxyl groups excluding tert-OH is 2. The SMILES string of the molecule is CN[C@@H](C)C(=O)N[C@@H]1C=C(C(=O)N[C@@H](CCS(C)(=O)=O)C(N)=O)C[C@@H](O)[C@@H]1O. The van der Waals surface area contributed by atoms with Crippen LogP contribution < -0.4 is 21.7 Å². The van der Waals surface area contributed by atoms with E-state index in [9.17, 15) is 33.0 Å². The number of rotatable bonds is 9. The molecule has 28 heavy (non-hydrogen) atoms. The van der Waals surface area contributed by atoms with Crippen molar-refractivity contribution in [1.82, 2.24) is 16.0 Å². The smallest absolute Gasteiger partial charge is 0.247 e. The fraction of sp³-hybridized carbons (Fsp3) is 0.688. The number of hydrogen-bond donors (Lipinski definition) is 6. The van der Waals surface area contributed by atoms with Gasteiger partial charge in [-0.1, -0.05) is 6.08 Å². The van der Waals surface area contributed by atoms with Gasteiger partial charge >= 0.3 is 0 Å². The maximum Gasteiger partial charge on any atom is 0.247 e. The normalized spacial score (nSPS) is 24.6. The van der Waals surface area contributed by atoms with E-state index in [2.05, 4.69) is 16.0 Å². The van der Waals surface area contributed by atoms with E-state index in [0.717, 1.165) is 6.26 Å². The van der Waals surface area contributed by atoms with Gasteiger partial charge in [-0.25, -0.2) is 8.42 Å². The van der Waals surface area contributed by atoms with Crippen LogP contribution in [0.3, 0.4) is 0 Å². The first-order chi connectivity index (χ1) is 12.9. The van der Waals surface area contributed by atoms with Crippen LogP contribution in [0.15, 0.2) is 11.6 Å². The zero-order valence-electron chi connectivity index (χ0n) is 16.0. The Morgan fingerprint density at radius 1 is 1.32 bits per heavy atom. The Bertz CT molecular complexity index is 737. The Kier molecular flexibility index (Phi) is 8.54. The first-order valence-electron chi connectivity index (χ1n) is 8.68. The molecule has 0 heterocycles. The number of amides is 3. The van der Waals surface area contributed by atoms with E-state index in [1.165, 1.54) is 6.08 Å². The molecule has 1 rings (SSSR count). The third-order valence-electron chi connectivity index (χ3n) is 4.42. The van der Waals surface area contributed by atoms with E-state index < -0.39 is 57.9 Å². The molecule has 0 saturated carbocycles. The van der Waals surface area contributed by atoms with Gasteiger partial charge in [-0.05, 0) is 20.4 Å². The van der Waals surface area contributed by atoms with E-state index >= 15 is 0 Å². The number of primary amides is 1. The van der Waals surface area contributed by atoms with Crippen molar-refractivity contribution in [1.29, 1.82) is 0 Å². The van der Waals surface area contributed by atoms with Gasteiger partial charge in [0.25, 0.3) is 0 Å². The lowest BCUT2D eigenvalue weighted by molar-refractivity contribution is -0.126. The summed E-state index contributed by atoms with van der Waals surface area (Å²) in [6, 6.07) is -2.80. The lowest BCUT2D eigenvalue weighted by Crippen LogP contribution is -2.54. The number of carbonyl (C=O) groups excluding carboxylic acids is 3. The van der Waals surface area contributed by atoms with Crippen molar-refractivity contribution in [3.63, 3.8) is 0 Å². The second-order valence-corrected chi connectivity index (χ2v) is 9.11. The second kappa shape index (κ2) is 9.96. The van der Waals surface area contributed by atoms with Gasteiger partial charge in [-0.2, -0.15) is 0 Å². The molecule has 7 N–H and O–H groups in total. The van der Waals surface area contributed by atoms with Crippen LogP contribution in [0.5, 0.6) is 0 Å². The first-order valence-corrected chi connectivity index (χ1v) is 10.7. The van der Waals surface area contributed by atoms with Gasteiger partial charge in [0, 0.05) is 18.2 Å². The van der Waals surface area contributed by atoms with Crippen LogP contribution in [-0.2, 0) is 24.2 Å². The predicted molar refractivity (Wildman–Crippen MR) is 101 cm³/mol.